The predicted octanol–water partition coefficient (Wildman–Crippen LogP) is 1.63. The van der Waals surface area contributed by atoms with E-state index in [4.69, 9.17) is 0 Å². The van der Waals surface area contributed by atoms with Crippen molar-refractivity contribution in [1.82, 2.24) is 0 Å². The van der Waals surface area contributed by atoms with Crippen LogP contribution < -0.4 is 0 Å². The van der Waals surface area contributed by atoms with Gasteiger partial charge in [-0.15, -0.1) is 0 Å². The normalized spacial score (nSPS) is 19.9. The predicted molar refractivity (Wildman–Crippen MR) is 31.8 cm³/mol. The van der Waals surface area contributed by atoms with E-state index in [9.17, 15) is 0 Å². The summed E-state index contributed by atoms with van der Waals surface area (Å²) in [7, 11) is 0. The van der Waals surface area contributed by atoms with Crippen molar-refractivity contribution in [3.05, 3.63) is 0 Å². The number of hydrogen-bond donors (Lipinski definition) is 0. The highest BCUT2D eigenvalue weighted by atomic mass is 14.8. The van der Waals surface area contributed by atoms with Gasteiger partial charge in [0.25, 0.3) is 0 Å². The molecule has 1 rings (SSSR count). The van der Waals surface area contributed by atoms with E-state index in [-0.39, 0.29) is 0 Å². The van der Waals surface area contributed by atoms with Gasteiger partial charge in [0.05, 0.1) is 0 Å². The Balaban J connectivity index is 2.36. The Labute approximate surface area is 44.5 Å². The maximum atomic E-state index is 4.27. The monoisotopic (exact) mass is 97.1 g/mol. The fourth-order valence-electron chi connectivity index (χ4n) is 0.888. The Morgan fingerprint density at radius 1 is 1.71 bits per heavy atom. The van der Waals surface area contributed by atoms with E-state index in [1.165, 1.54) is 25.0 Å². The largest absolute Gasteiger partial charge is 0.294 e. The lowest BCUT2D eigenvalue weighted by Crippen LogP contribution is -1.86. The van der Waals surface area contributed by atoms with Crippen LogP contribution in [0.25, 0.3) is 0 Å². The average Bonchev–Trinajstić information content (AvgIpc) is 2.14. The molecule has 0 N–H and O–H groups in total. The van der Waals surface area contributed by atoms with E-state index in [0.717, 1.165) is 6.54 Å². The van der Waals surface area contributed by atoms with Gasteiger partial charge in [0.2, 0.25) is 0 Å². The molecule has 0 amide bonds. The molecular formula is C6H11N. The van der Waals surface area contributed by atoms with Crippen LogP contribution in [0.15, 0.2) is 4.99 Å². The molecular weight excluding hydrogens is 86.1 g/mol. The van der Waals surface area contributed by atoms with Crippen LogP contribution in [0.4, 0.5) is 0 Å². The zero-order chi connectivity index (χ0) is 5.11. The lowest BCUT2D eigenvalue weighted by Gasteiger charge is -1.86. The van der Waals surface area contributed by atoms with Gasteiger partial charge in [-0.25, -0.2) is 0 Å². The number of rotatable bonds is 1. The second-order valence-electron chi connectivity index (χ2n) is 1.91. The van der Waals surface area contributed by atoms with Crippen molar-refractivity contribution in [1.29, 1.82) is 0 Å². The minimum absolute atomic E-state index is 1.09. The van der Waals surface area contributed by atoms with Crippen LogP contribution in [0.3, 0.4) is 0 Å². The molecule has 1 aliphatic rings. The summed E-state index contributed by atoms with van der Waals surface area (Å²) in [5, 5.41) is 0. The van der Waals surface area contributed by atoms with Crippen molar-refractivity contribution < 1.29 is 0 Å². The van der Waals surface area contributed by atoms with E-state index in [1.54, 1.807) is 0 Å². The van der Waals surface area contributed by atoms with Crippen LogP contribution in [-0.2, 0) is 0 Å². The van der Waals surface area contributed by atoms with Crippen molar-refractivity contribution in [2.75, 3.05) is 6.54 Å². The molecule has 1 heteroatoms. The van der Waals surface area contributed by atoms with Gasteiger partial charge in [-0.05, 0) is 19.3 Å². The fourth-order valence-corrected chi connectivity index (χ4v) is 0.888. The minimum Gasteiger partial charge on any atom is -0.294 e. The first-order valence-electron chi connectivity index (χ1n) is 2.95. The molecule has 0 saturated carbocycles. The molecule has 0 saturated heterocycles. The lowest BCUT2D eigenvalue weighted by atomic mass is 10.2. The summed E-state index contributed by atoms with van der Waals surface area (Å²) in [6.07, 6.45) is 3.72. The van der Waals surface area contributed by atoms with Gasteiger partial charge in [0.15, 0.2) is 0 Å². The Hall–Kier alpha value is -0.330. The van der Waals surface area contributed by atoms with Gasteiger partial charge < -0.3 is 0 Å². The highest BCUT2D eigenvalue weighted by molar-refractivity contribution is 5.85. The van der Waals surface area contributed by atoms with Crippen molar-refractivity contribution in [3.8, 4) is 0 Å². The number of hydrogen-bond acceptors (Lipinski definition) is 1. The molecule has 0 bridgehead atoms. The first-order valence-corrected chi connectivity index (χ1v) is 2.95. The minimum atomic E-state index is 1.09. The van der Waals surface area contributed by atoms with E-state index < -0.39 is 0 Å². The van der Waals surface area contributed by atoms with Gasteiger partial charge in [-0.1, -0.05) is 6.92 Å². The van der Waals surface area contributed by atoms with Gasteiger partial charge in [0.1, 0.15) is 0 Å². The maximum absolute atomic E-state index is 4.27. The first kappa shape index (κ1) is 4.82. The van der Waals surface area contributed by atoms with Crippen LogP contribution in [0.1, 0.15) is 26.2 Å². The average molecular weight is 97.2 g/mol. The topological polar surface area (TPSA) is 12.4 Å². The first-order chi connectivity index (χ1) is 3.43. The summed E-state index contributed by atoms with van der Waals surface area (Å²) < 4.78 is 0. The third-order valence-electron chi connectivity index (χ3n) is 1.37. The molecule has 0 aromatic carbocycles. The van der Waals surface area contributed by atoms with Crippen LogP contribution in [0, 0.1) is 0 Å². The zero-order valence-electron chi connectivity index (χ0n) is 4.78. The highest BCUT2D eigenvalue weighted by Crippen LogP contribution is 2.05. The van der Waals surface area contributed by atoms with Crippen LogP contribution in [0.2, 0.25) is 0 Å². The summed E-state index contributed by atoms with van der Waals surface area (Å²) in [6, 6.07) is 0. The van der Waals surface area contributed by atoms with Crippen LogP contribution in [-0.4, -0.2) is 12.3 Å². The molecule has 0 radical (unpaired) electrons. The third kappa shape index (κ3) is 1.02. The summed E-state index contributed by atoms with van der Waals surface area (Å²) in [4.78, 5) is 4.27. The standard InChI is InChI=1S/C6H11N/c1-2-6-4-3-5-7-6/h2-5H2,1H3. The molecule has 0 aromatic rings. The third-order valence-corrected chi connectivity index (χ3v) is 1.37. The second-order valence-corrected chi connectivity index (χ2v) is 1.91. The van der Waals surface area contributed by atoms with E-state index >= 15 is 0 Å². The van der Waals surface area contributed by atoms with E-state index in [1.807, 2.05) is 0 Å². The smallest absolute Gasteiger partial charge is 0.0392 e. The van der Waals surface area contributed by atoms with E-state index in [2.05, 4.69) is 11.9 Å². The Kier molecular flexibility index (Phi) is 1.45. The summed E-state index contributed by atoms with van der Waals surface area (Å²) in [5.41, 5.74) is 1.42. The number of aliphatic imine (C=N–C) groups is 1. The molecule has 40 valence electrons. The summed E-state index contributed by atoms with van der Waals surface area (Å²) in [6.45, 7) is 3.26. The second kappa shape index (κ2) is 2.10. The fraction of sp³-hybridized carbons (Fsp3) is 0.833. The maximum Gasteiger partial charge on any atom is 0.0392 e. The Bertz CT molecular complexity index is 84.2. The van der Waals surface area contributed by atoms with Crippen molar-refractivity contribution >= 4 is 5.71 Å². The van der Waals surface area contributed by atoms with Gasteiger partial charge in [-0.3, -0.25) is 4.99 Å². The highest BCUT2D eigenvalue weighted by Gasteiger charge is 2.00. The van der Waals surface area contributed by atoms with Gasteiger partial charge in [0, 0.05) is 12.3 Å². The molecule has 0 atom stereocenters. The quantitative estimate of drug-likeness (QED) is 0.471. The molecule has 1 heterocycles. The zero-order valence-corrected chi connectivity index (χ0v) is 4.78. The molecule has 0 unspecified atom stereocenters. The SMILES string of the molecule is CCC1=NCCC1. The van der Waals surface area contributed by atoms with Crippen molar-refractivity contribution in [2.45, 2.75) is 26.2 Å². The van der Waals surface area contributed by atoms with E-state index in [0.29, 0.717) is 0 Å². The molecule has 0 fully saturated rings. The summed E-state index contributed by atoms with van der Waals surface area (Å²) in [5.74, 6) is 0. The molecule has 1 nitrogen and oxygen atoms in total. The van der Waals surface area contributed by atoms with Crippen molar-refractivity contribution in [3.63, 3.8) is 0 Å². The number of nitrogens with zero attached hydrogens (tertiary/aromatic N) is 1. The van der Waals surface area contributed by atoms with Crippen LogP contribution >= 0.6 is 0 Å². The molecule has 0 aromatic heterocycles. The molecule has 0 aliphatic carbocycles. The van der Waals surface area contributed by atoms with Gasteiger partial charge >= 0.3 is 0 Å². The summed E-state index contributed by atoms with van der Waals surface area (Å²) >= 11 is 0. The van der Waals surface area contributed by atoms with Crippen molar-refractivity contribution in [2.24, 2.45) is 4.99 Å². The Morgan fingerprint density at radius 2 is 2.57 bits per heavy atom. The molecule has 7 heavy (non-hydrogen) atoms. The Morgan fingerprint density at radius 3 is 2.86 bits per heavy atom. The van der Waals surface area contributed by atoms with Gasteiger partial charge in [-0.2, -0.15) is 0 Å². The molecule has 0 spiro atoms. The van der Waals surface area contributed by atoms with Crippen LogP contribution in [0.5, 0.6) is 0 Å². The lowest BCUT2D eigenvalue weighted by molar-refractivity contribution is 0.948. The molecule has 1 aliphatic heterocycles.